The molecule has 0 aliphatic rings. The number of rotatable bonds is 6. The van der Waals surface area contributed by atoms with Crippen LogP contribution in [0.2, 0.25) is 0 Å². The maximum atomic E-state index is 2.45. The number of benzene rings is 11. The highest BCUT2D eigenvalue weighted by Gasteiger charge is 2.19. The van der Waals surface area contributed by atoms with Crippen molar-refractivity contribution < 1.29 is 0 Å². The monoisotopic (exact) mass is 868 g/mol. The van der Waals surface area contributed by atoms with E-state index in [1.807, 2.05) is 11.3 Å². The number of para-hydroxylation sites is 1. The van der Waals surface area contributed by atoms with Crippen LogP contribution in [0.15, 0.2) is 243 Å². The van der Waals surface area contributed by atoms with Crippen LogP contribution in [0.5, 0.6) is 0 Å². The fourth-order valence-electron chi connectivity index (χ4n) is 10.7. The van der Waals surface area contributed by atoms with E-state index in [0.717, 1.165) is 11.4 Å². The van der Waals surface area contributed by atoms with E-state index in [2.05, 4.69) is 252 Å². The average molecular weight is 869 g/mol. The predicted octanol–water partition coefficient (Wildman–Crippen LogP) is 18.1. The lowest BCUT2D eigenvalue weighted by molar-refractivity contribution is 1.18. The molecule has 0 atom stereocenters. The van der Waals surface area contributed by atoms with Crippen molar-refractivity contribution in [3.05, 3.63) is 243 Å². The molecule has 0 bridgehead atoms. The minimum atomic E-state index is 1.16. The number of nitrogens with zero attached hydrogens (tertiary/aromatic N) is 2. The average Bonchev–Trinajstić information content (AvgIpc) is 4.05. The third kappa shape index (κ3) is 6.09. The Morgan fingerprint density at radius 3 is 1.46 bits per heavy atom. The Kier molecular flexibility index (Phi) is 8.49. The first-order valence-corrected chi connectivity index (χ1v) is 23.8. The Morgan fingerprint density at radius 2 is 0.746 bits per heavy atom. The van der Waals surface area contributed by atoms with E-state index in [1.165, 1.54) is 119 Å². The molecule has 0 saturated carbocycles. The molecule has 2 nitrogen and oxygen atoms in total. The Balaban J connectivity index is 0.915. The van der Waals surface area contributed by atoms with Gasteiger partial charge < -0.3 is 9.13 Å². The molecule has 3 heterocycles. The van der Waals surface area contributed by atoms with Gasteiger partial charge in [0.1, 0.15) is 0 Å². The van der Waals surface area contributed by atoms with Gasteiger partial charge in [0.2, 0.25) is 0 Å². The van der Waals surface area contributed by atoms with Crippen LogP contribution in [-0.4, -0.2) is 9.13 Å². The van der Waals surface area contributed by atoms with Crippen LogP contribution in [0.1, 0.15) is 0 Å². The number of fused-ring (bicyclic) bond motifs is 10. The molecule has 0 aliphatic carbocycles. The van der Waals surface area contributed by atoms with Crippen molar-refractivity contribution in [1.82, 2.24) is 9.13 Å². The summed E-state index contributed by atoms with van der Waals surface area (Å²) >= 11 is 1.88. The Labute approximate surface area is 391 Å². The largest absolute Gasteiger partial charge is 0.309 e. The van der Waals surface area contributed by atoms with Gasteiger partial charge in [0, 0.05) is 53.1 Å². The topological polar surface area (TPSA) is 9.86 Å². The van der Waals surface area contributed by atoms with Crippen molar-refractivity contribution in [2.24, 2.45) is 0 Å². The zero-order valence-corrected chi connectivity index (χ0v) is 37.2. The molecule has 0 saturated heterocycles. The molecule has 14 aromatic rings. The van der Waals surface area contributed by atoms with Crippen LogP contribution in [-0.2, 0) is 0 Å². The molecule has 0 aliphatic heterocycles. The lowest BCUT2D eigenvalue weighted by atomic mass is 9.96. The van der Waals surface area contributed by atoms with Gasteiger partial charge in [0.25, 0.3) is 0 Å². The first-order valence-electron chi connectivity index (χ1n) is 23.0. The van der Waals surface area contributed by atoms with Crippen LogP contribution >= 0.6 is 11.3 Å². The summed E-state index contributed by atoms with van der Waals surface area (Å²) in [6.07, 6.45) is 0. The van der Waals surface area contributed by atoms with Crippen molar-refractivity contribution in [3.63, 3.8) is 0 Å². The van der Waals surface area contributed by atoms with Gasteiger partial charge in [-0.2, -0.15) is 0 Å². The zero-order chi connectivity index (χ0) is 44.0. The quantitative estimate of drug-likeness (QED) is 0.158. The minimum Gasteiger partial charge on any atom is -0.309 e. The van der Waals surface area contributed by atoms with E-state index in [4.69, 9.17) is 0 Å². The van der Waals surface area contributed by atoms with Gasteiger partial charge in [0.05, 0.1) is 22.1 Å². The third-order valence-corrected chi connectivity index (χ3v) is 15.0. The van der Waals surface area contributed by atoms with Crippen LogP contribution in [0, 0.1) is 0 Å². The highest BCUT2D eigenvalue weighted by molar-refractivity contribution is 7.26. The van der Waals surface area contributed by atoms with Gasteiger partial charge in [-0.05, 0) is 140 Å². The second-order valence-corrected chi connectivity index (χ2v) is 18.8. The molecular weight excluding hydrogens is 829 g/mol. The lowest BCUT2D eigenvalue weighted by Crippen LogP contribution is -1.94. The van der Waals surface area contributed by atoms with Gasteiger partial charge >= 0.3 is 0 Å². The SMILES string of the molecule is c1ccc(-c2cccc(-n3c4ccccc4c4cc(-c5cccc6sc7ccc(-c8ccc9c(c8)c8cc%10ccccc%10cc8n9-c8cccc(-c9ccccc9)c8)cc7c56)ccc43)c2)cc1. The maximum Gasteiger partial charge on any atom is 0.0547 e. The van der Waals surface area contributed by atoms with E-state index in [1.54, 1.807) is 0 Å². The van der Waals surface area contributed by atoms with Crippen molar-refractivity contribution in [2.75, 3.05) is 0 Å². The summed E-state index contributed by atoms with van der Waals surface area (Å²) < 4.78 is 7.47. The fourth-order valence-corrected chi connectivity index (χ4v) is 11.9. The Hall–Kier alpha value is -8.50. The van der Waals surface area contributed by atoms with E-state index in [-0.39, 0.29) is 0 Å². The van der Waals surface area contributed by atoms with Gasteiger partial charge in [0.15, 0.2) is 0 Å². The zero-order valence-electron chi connectivity index (χ0n) is 36.4. The summed E-state index contributed by atoms with van der Waals surface area (Å²) in [6.45, 7) is 0. The Bertz CT molecular complexity index is 4260. The van der Waals surface area contributed by atoms with Crippen LogP contribution < -0.4 is 0 Å². The van der Waals surface area contributed by atoms with Gasteiger partial charge in [-0.15, -0.1) is 11.3 Å². The molecule has 11 aromatic carbocycles. The van der Waals surface area contributed by atoms with Gasteiger partial charge in [-0.1, -0.05) is 158 Å². The maximum absolute atomic E-state index is 2.45. The highest BCUT2D eigenvalue weighted by atomic mass is 32.1. The number of hydrogen-bond acceptors (Lipinski definition) is 1. The molecular formula is C64H40N2S. The molecule has 3 heteroatoms. The number of aromatic nitrogens is 2. The molecule has 0 N–H and O–H groups in total. The predicted molar refractivity (Wildman–Crippen MR) is 287 cm³/mol. The van der Waals surface area contributed by atoms with E-state index < -0.39 is 0 Å². The standard InChI is InChI=1S/C64H40N2S/c1-3-14-41(15-4-1)43-20-11-22-50(34-43)65-58-26-10-9-24-53(58)54-39-49(29-32-59(54)65)52-25-13-27-63-64(52)57-38-48(30-33-62(57)67-63)47-28-31-60-55(37-47)56-36-45-18-7-8-19-46(45)40-61(56)66(60)51-23-12-21-44(35-51)42-16-5-2-6-17-42/h1-40H. The van der Waals surface area contributed by atoms with Crippen LogP contribution in [0.25, 0.3) is 130 Å². The molecule has 67 heavy (non-hydrogen) atoms. The van der Waals surface area contributed by atoms with Crippen LogP contribution in [0.4, 0.5) is 0 Å². The summed E-state index contributed by atoms with van der Waals surface area (Å²) in [6, 6.07) is 89.5. The Morgan fingerprint density at radius 1 is 0.254 bits per heavy atom. The van der Waals surface area contributed by atoms with E-state index in [9.17, 15) is 0 Å². The first-order chi connectivity index (χ1) is 33.2. The summed E-state index contributed by atoms with van der Waals surface area (Å²) in [7, 11) is 0. The molecule has 0 amide bonds. The minimum absolute atomic E-state index is 1.16. The molecule has 0 radical (unpaired) electrons. The molecule has 3 aromatic heterocycles. The third-order valence-electron chi connectivity index (χ3n) is 13.9. The second-order valence-electron chi connectivity index (χ2n) is 17.7. The number of thiophene rings is 1. The summed E-state index contributed by atoms with van der Waals surface area (Å²) in [4.78, 5) is 0. The van der Waals surface area contributed by atoms with Crippen LogP contribution in [0.3, 0.4) is 0 Å². The highest BCUT2D eigenvalue weighted by Crippen LogP contribution is 2.44. The summed E-state index contributed by atoms with van der Waals surface area (Å²) in [5, 5.41) is 10.1. The summed E-state index contributed by atoms with van der Waals surface area (Å²) in [5.74, 6) is 0. The lowest BCUT2D eigenvalue weighted by Gasteiger charge is -2.11. The number of hydrogen-bond donors (Lipinski definition) is 0. The van der Waals surface area contributed by atoms with Crippen molar-refractivity contribution >= 4 is 85.9 Å². The van der Waals surface area contributed by atoms with Crippen molar-refractivity contribution in [3.8, 4) is 55.9 Å². The van der Waals surface area contributed by atoms with E-state index >= 15 is 0 Å². The normalized spacial score (nSPS) is 11.9. The first kappa shape index (κ1) is 37.8. The molecule has 0 spiro atoms. The summed E-state index contributed by atoms with van der Waals surface area (Å²) in [5.41, 5.74) is 16.9. The van der Waals surface area contributed by atoms with Crippen molar-refractivity contribution in [1.29, 1.82) is 0 Å². The van der Waals surface area contributed by atoms with E-state index in [0.29, 0.717) is 0 Å². The smallest absolute Gasteiger partial charge is 0.0547 e. The second kappa shape index (κ2) is 15.0. The van der Waals surface area contributed by atoms with Gasteiger partial charge in [-0.25, -0.2) is 0 Å². The molecule has 0 unspecified atom stereocenters. The molecule has 0 fully saturated rings. The molecule has 14 rings (SSSR count). The molecule has 312 valence electrons. The van der Waals surface area contributed by atoms with Gasteiger partial charge in [-0.3, -0.25) is 0 Å². The fraction of sp³-hybridized carbons (Fsp3) is 0. The van der Waals surface area contributed by atoms with Crippen molar-refractivity contribution in [2.45, 2.75) is 0 Å².